The van der Waals surface area contributed by atoms with Crippen molar-refractivity contribution in [2.45, 2.75) is 68.7 Å². The molecule has 0 spiro atoms. The fourth-order valence-electron chi connectivity index (χ4n) is 9.60. The van der Waals surface area contributed by atoms with Gasteiger partial charge in [0.1, 0.15) is 34.8 Å². The summed E-state index contributed by atoms with van der Waals surface area (Å²) in [7, 11) is -3.93. The third-order valence-electron chi connectivity index (χ3n) is 13.2. The number of pyridine rings is 1. The molecule has 6 aromatic carbocycles. The van der Waals surface area contributed by atoms with Crippen LogP contribution in [0, 0.1) is 12.7 Å². The van der Waals surface area contributed by atoms with Crippen molar-refractivity contribution in [3.05, 3.63) is 185 Å². The van der Waals surface area contributed by atoms with E-state index in [0.717, 1.165) is 40.7 Å². The number of nitrogens with zero attached hydrogens (tertiary/aromatic N) is 4. The number of rotatable bonds is 13. The number of halogens is 1. The van der Waals surface area contributed by atoms with Gasteiger partial charge in [0, 0.05) is 53.2 Å². The Labute approximate surface area is 383 Å². The van der Waals surface area contributed by atoms with Gasteiger partial charge in [-0.2, -0.15) is 5.10 Å². The number of hydrogen-bond donors (Lipinski definition) is 1. The summed E-state index contributed by atoms with van der Waals surface area (Å²) < 4.78 is 60.5. The Morgan fingerprint density at radius 2 is 1.42 bits per heavy atom. The van der Waals surface area contributed by atoms with E-state index in [9.17, 15) is 18.3 Å². The lowest BCUT2D eigenvalue weighted by molar-refractivity contribution is 0.146. The molecule has 10 rings (SSSR count). The molecule has 10 nitrogen and oxygen atoms in total. The summed E-state index contributed by atoms with van der Waals surface area (Å²) in [5.74, 6) is -0.0586. The van der Waals surface area contributed by atoms with E-state index in [4.69, 9.17) is 19.6 Å². The molecule has 3 heterocycles. The highest BCUT2D eigenvalue weighted by molar-refractivity contribution is 7.91. The number of benzene rings is 6. The second-order valence-electron chi connectivity index (χ2n) is 17.3. The second-order valence-corrected chi connectivity index (χ2v) is 19.5. The van der Waals surface area contributed by atoms with Crippen molar-refractivity contribution < 1.29 is 32.2 Å². The van der Waals surface area contributed by atoms with E-state index >= 15 is 4.39 Å². The molecule has 0 bridgehead atoms. The van der Waals surface area contributed by atoms with Crippen molar-refractivity contribution in [3.63, 3.8) is 0 Å². The topological polar surface area (TPSA) is 124 Å². The Bertz CT molecular complexity index is 3120. The van der Waals surface area contributed by atoms with Crippen molar-refractivity contribution in [3.8, 4) is 22.6 Å². The van der Waals surface area contributed by atoms with E-state index in [0.29, 0.717) is 45.1 Å². The highest BCUT2D eigenvalue weighted by Gasteiger charge is 2.41. The zero-order valence-corrected chi connectivity index (χ0v) is 37.7. The molecule has 2 aliphatic rings. The number of ether oxygens (including phenoxy) is 2. The largest absolute Gasteiger partial charge is 0.488 e. The van der Waals surface area contributed by atoms with Gasteiger partial charge in [-0.25, -0.2) is 22.6 Å². The first-order valence-electron chi connectivity index (χ1n) is 22.4. The number of likely N-dealkylation sites (tertiary alicyclic amines) is 1. The summed E-state index contributed by atoms with van der Waals surface area (Å²) in [6.07, 6.45) is 2.02. The Morgan fingerprint density at radius 1 is 0.833 bits per heavy atom. The maximum atomic E-state index is 17.0. The fraction of sp³-hybridized carbons (Fsp3) is 0.241. The van der Waals surface area contributed by atoms with Gasteiger partial charge in [-0.3, -0.25) is 4.68 Å². The minimum atomic E-state index is -3.93. The minimum absolute atomic E-state index is 0.0597. The lowest BCUT2D eigenvalue weighted by Crippen LogP contribution is -2.38. The van der Waals surface area contributed by atoms with Crippen LogP contribution in [0.1, 0.15) is 78.5 Å². The first-order chi connectivity index (χ1) is 32.0. The number of amides is 1. The van der Waals surface area contributed by atoms with E-state index in [2.05, 4.69) is 36.4 Å². The van der Waals surface area contributed by atoms with Crippen molar-refractivity contribution >= 4 is 37.7 Å². The SMILES string of the molecule is CCS(=O)(=O)c1cc(O[C@H]2CCN(C(=O)O)C2)c2cc(C3CC3)c(-c3c(C)c(F)cc4nn(C(c5ccccc5)(c5ccccc5)c5ccccc5)cc34)c(OC(C)c3ccccc3)c2n1. The first-order valence-corrected chi connectivity index (χ1v) is 24.1. The van der Waals surface area contributed by atoms with E-state index in [1.165, 1.54) is 17.0 Å². The van der Waals surface area contributed by atoms with Gasteiger partial charge in [0.05, 0.1) is 17.8 Å². The molecule has 1 N–H and O–H groups in total. The number of hydrogen-bond acceptors (Lipinski definition) is 7. The number of carboxylic acid groups (broad SMARTS) is 1. The molecular formula is C54H49FN4O6S. The monoisotopic (exact) mass is 900 g/mol. The van der Waals surface area contributed by atoms with Crippen molar-refractivity contribution in [2.75, 3.05) is 18.8 Å². The van der Waals surface area contributed by atoms with Crippen LogP contribution in [0.5, 0.6) is 11.5 Å². The Kier molecular flexibility index (Phi) is 11.1. The highest BCUT2D eigenvalue weighted by atomic mass is 32.2. The van der Waals surface area contributed by atoms with Crippen LogP contribution >= 0.6 is 0 Å². The van der Waals surface area contributed by atoms with Gasteiger partial charge in [0.2, 0.25) is 0 Å². The van der Waals surface area contributed by atoms with Crippen LogP contribution in [0.3, 0.4) is 0 Å². The summed E-state index contributed by atoms with van der Waals surface area (Å²) >= 11 is 0. The first kappa shape index (κ1) is 42.9. The Hall–Kier alpha value is -7.05. The van der Waals surface area contributed by atoms with Crippen LogP contribution in [0.2, 0.25) is 0 Å². The average Bonchev–Trinajstić information content (AvgIpc) is 3.94. The molecule has 8 aromatic rings. The molecule has 2 aromatic heterocycles. The molecule has 1 unspecified atom stereocenters. The van der Waals surface area contributed by atoms with Crippen LogP contribution in [-0.2, 0) is 15.4 Å². The lowest BCUT2D eigenvalue weighted by Gasteiger charge is -2.36. The van der Waals surface area contributed by atoms with Gasteiger partial charge in [-0.15, -0.1) is 0 Å². The molecule has 0 radical (unpaired) electrons. The molecule has 1 amide bonds. The molecule has 2 fully saturated rings. The summed E-state index contributed by atoms with van der Waals surface area (Å²) in [5.41, 5.74) is 5.84. The van der Waals surface area contributed by atoms with Crippen LogP contribution < -0.4 is 9.47 Å². The molecule has 1 aliphatic carbocycles. The molecule has 12 heteroatoms. The van der Waals surface area contributed by atoms with Crippen LogP contribution in [0.25, 0.3) is 32.9 Å². The third kappa shape index (κ3) is 7.52. The van der Waals surface area contributed by atoms with E-state index in [1.54, 1.807) is 13.8 Å². The van der Waals surface area contributed by atoms with Crippen LogP contribution in [0.15, 0.2) is 151 Å². The molecule has 2 atom stereocenters. The molecule has 1 saturated carbocycles. The zero-order valence-electron chi connectivity index (χ0n) is 36.9. The number of carbonyl (C=O) groups is 1. The van der Waals surface area contributed by atoms with Crippen LogP contribution in [-0.4, -0.2) is 64.2 Å². The van der Waals surface area contributed by atoms with Gasteiger partial charge in [0.25, 0.3) is 0 Å². The van der Waals surface area contributed by atoms with Gasteiger partial charge in [-0.1, -0.05) is 128 Å². The quantitative estimate of drug-likeness (QED) is 0.113. The smallest absolute Gasteiger partial charge is 0.407 e. The summed E-state index contributed by atoms with van der Waals surface area (Å²) in [5, 5.41) is 16.1. The minimum Gasteiger partial charge on any atom is -0.488 e. The van der Waals surface area contributed by atoms with Crippen molar-refractivity contribution in [1.29, 1.82) is 0 Å². The summed E-state index contributed by atoms with van der Waals surface area (Å²) in [6.45, 7) is 5.66. The number of fused-ring (bicyclic) bond motifs is 2. The number of aromatic nitrogens is 3. The standard InChI is InChI=1S/C54H49FN4O6S/c1-4-66(62,63)48-31-47(65-41-27-28-58(32-41)53(60)61)43-29-42(37-25-26-37)50(52(51(43)56-48)64-35(3)36-17-9-5-10-18-36)49-34(2)45(55)30-46-44(49)33-59(57-46)54(38-19-11-6-12-20-38,39-21-13-7-14-22-39)40-23-15-8-16-24-40/h5-24,29-31,33,35,37,41H,4,25-28,32H2,1-3H3,(H,60,61)/t35?,41-/m0/s1. The molecule has 66 heavy (non-hydrogen) atoms. The average molecular weight is 901 g/mol. The zero-order chi connectivity index (χ0) is 45.7. The maximum Gasteiger partial charge on any atom is 0.407 e. The Morgan fingerprint density at radius 3 is 1.97 bits per heavy atom. The van der Waals surface area contributed by atoms with Gasteiger partial charge < -0.3 is 19.5 Å². The molecule has 1 saturated heterocycles. The normalized spacial score (nSPS) is 15.9. The maximum absolute atomic E-state index is 17.0. The molecule has 1 aliphatic heterocycles. The molecular weight excluding hydrogens is 852 g/mol. The van der Waals surface area contributed by atoms with E-state index < -0.39 is 39.5 Å². The van der Waals surface area contributed by atoms with Gasteiger partial charge in [0.15, 0.2) is 20.6 Å². The van der Waals surface area contributed by atoms with E-state index in [-0.39, 0.29) is 41.1 Å². The third-order valence-corrected chi connectivity index (χ3v) is 14.8. The lowest BCUT2D eigenvalue weighted by atomic mass is 9.77. The van der Waals surface area contributed by atoms with Crippen molar-refractivity contribution in [1.82, 2.24) is 19.7 Å². The van der Waals surface area contributed by atoms with Crippen LogP contribution in [0.4, 0.5) is 9.18 Å². The fourth-order valence-corrected chi connectivity index (χ4v) is 10.4. The summed E-state index contributed by atoms with van der Waals surface area (Å²) in [4.78, 5) is 18.2. The number of sulfone groups is 1. The summed E-state index contributed by atoms with van der Waals surface area (Å²) in [6, 6.07) is 45.2. The second kappa shape index (κ2) is 17.1. The van der Waals surface area contributed by atoms with Gasteiger partial charge >= 0.3 is 6.09 Å². The Balaban J connectivity index is 1.30. The highest BCUT2D eigenvalue weighted by Crippen LogP contribution is 2.54. The molecule has 334 valence electrons. The van der Waals surface area contributed by atoms with E-state index in [1.807, 2.05) is 109 Å². The van der Waals surface area contributed by atoms with Gasteiger partial charge in [-0.05, 0) is 72.1 Å². The predicted molar refractivity (Wildman–Crippen MR) is 254 cm³/mol. The van der Waals surface area contributed by atoms with Crippen molar-refractivity contribution in [2.24, 2.45) is 0 Å². The predicted octanol–water partition coefficient (Wildman–Crippen LogP) is 11.5.